The predicted octanol–water partition coefficient (Wildman–Crippen LogP) is -1.93. The molecule has 8 nitrogen and oxygen atoms in total. The number of phenolic OH excluding ortho intramolecular Hbond substituents is 1. The second-order valence-corrected chi connectivity index (χ2v) is 5.16. The number of phenols is 1. The van der Waals surface area contributed by atoms with E-state index in [9.17, 15) is 20.4 Å². The Bertz CT molecular complexity index is 496. The van der Waals surface area contributed by atoms with E-state index in [-0.39, 0.29) is 11.5 Å². The standard InChI is InChI=1S/C14H21NO7/c15-4-3-7-1-2-8(17)9(5-7)21-14-13(20)12(19)11(18)10(6-16)22-14/h1-2,5,10-14,16-20H,3-4,6,15H2/t10-,11-,12+,13-,14-/m1/s1. The molecule has 8 heteroatoms. The van der Waals surface area contributed by atoms with E-state index >= 15 is 0 Å². The van der Waals surface area contributed by atoms with Crippen molar-refractivity contribution in [2.24, 2.45) is 5.73 Å². The summed E-state index contributed by atoms with van der Waals surface area (Å²) in [4.78, 5) is 0. The summed E-state index contributed by atoms with van der Waals surface area (Å²) >= 11 is 0. The van der Waals surface area contributed by atoms with Crippen LogP contribution in [0.25, 0.3) is 0 Å². The SMILES string of the molecule is NCCc1ccc(O)c(O[C@@H]2O[C@H](CO)[C@@H](O)[C@H](O)[C@H]2O)c1. The molecule has 1 saturated heterocycles. The molecular formula is C14H21NO7. The first kappa shape index (κ1) is 16.9. The van der Waals surface area contributed by atoms with Crippen molar-refractivity contribution in [1.82, 2.24) is 0 Å². The molecule has 2 rings (SSSR count). The van der Waals surface area contributed by atoms with Crippen LogP contribution in [-0.2, 0) is 11.2 Å². The molecule has 0 amide bonds. The van der Waals surface area contributed by atoms with Crippen molar-refractivity contribution in [2.45, 2.75) is 37.1 Å². The molecular weight excluding hydrogens is 294 g/mol. The van der Waals surface area contributed by atoms with Crippen LogP contribution >= 0.6 is 0 Å². The fourth-order valence-electron chi connectivity index (χ4n) is 2.26. The van der Waals surface area contributed by atoms with Gasteiger partial charge in [-0.2, -0.15) is 0 Å². The van der Waals surface area contributed by atoms with Crippen molar-refractivity contribution in [3.05, 3.63) is 23.8 Å². The molecule has 0 unspecified atom stereocenters. The van der Waals surface area contributed by atoms with Gasteiger partial charge in [-0.3, -0.25) is 0 Å². The van der Waals surface area contributed by atoms with E-state index in [0.717, 1.165) is 5.56 Å². The van der Waals surface area contributed by atoms with E-state index in [4.69, 9.17) is 20.3 Å². The molecule has 1 aromatic rings. The fraction of sp³-hybridized carbons (Fsp3) is 0.571. The first-order valence-electron chi connectivity index (χ1n) is 6.97. The molecule has 22 heavy (non-hydrogen) atoms. The average Bonchev–Trinajstić information content (AvgIpc) is 2.51. The lowest BCUT2D eigenvalue weighted by Crippen LogP contribution is -2.60. The van der Waals surface area contributed by atoms with Gasteiger partial charge in [-0.15, -0.1) is 0 Å². The molecule has 124 valence electrons. The quantitative estimate of drug-likeness (QED) is 0.368. The number of hydrogen-bond acceptors (Lipinski definition) is 8. The Labute approximate surface area is 127 Å². The zero-order chi connectivity index (χ0) is 16.3. The van der Waals surface area contributed by atoms with Crippen LogP contribution in [-0.4, -0.2) is 69.4 Å². The largest absolute Gasteiger partial charge is 0.504 e. The molecule has 0 radical (unpaired) electrons. The molecule has 1 aliphatic heterocycles. The van der Waals surface area contributed by atoms with Crippen molar-refractivity contribution < 1.29 is 35.0 Å². The number of hydrogen-bond donors (Lipinski definition) is 6. The number of rotatable bonds is 5. The van der Waals surface area contributed by atoms with Gasteiger partial charge in [0, 0.05) is 0 Å². The topological polar surface area (TPSA) is 146 Å². The zero-order valence-corrected chi connectivity index (χ0v) is 11.9. The number of ether oxygens (including phenoxy) is 2. The molecule has 7 N–H and O–H groups in total. The first-order chi connectivity index (χ1) is 10.5. The third-order valence-electron chi connectivity index (χ3n) is 3.55. The number of benzene rings is 1. The molecule has 1 fully saturated rings. The number of nitrogens with two attached hydrogens (primary N) is 1. The van der Waals surface area contributed by atoms with Gasteiger partial charge in [0.15, 0.2) is 11.5 Å². The Morgan fingerprint density at radius 3 is 2.50 bits per heavy atom. The van der Waals surface area contributed by atoms with E-state index in [1.54, 1.807) is 12.1 Å². The molecule has 1 heterocycles. The Hall–Kier alpha value is -1.42. The van der Waals surface area contributed by atoms with Gasteiger partial charge in [0.2, 0.25) is 6.29 Å². The maximum atomic E-state index is 9.90. The maximum absolute atomic E-state index is 9.90. The number of aromatic hydroxyl groups is 1. The molecule has 0 aliphatic carbocycles. The monoisotopic (exact) mass is 315 g/mol. The Balaban J connectivity index is 2.16. The van der Waals surface area contributed by atoms with Crippen LogP contribution < -0.4 is 10.5 Å². The number of aliphatic hydroxyl groups excluding tert-OH is 4. The molecule has 1 aliphatic rings. The lowest BCUT2D eigenvalue weighted by atomic mass is 9.99. The fourth-order valence-corrected chi connectivity index (χ4v) is 2.26. The highest BCUT2D eigenvalue weighted by molar-refractivity contribution is 5.42. The summed E-state index contributed by atoms with van der Waals surface area (Å²) < 4.78 is 10.6. The lowest BCUT2D eigenvalue weighted by molar-refractivity contribution is -0.277. The lowest BCUT2D eigenvalue weighted by Gasteiger charge is -2.39. The van der Waals surface area contributed by atoms with Crippen molar-refractivity contribution >= 4 is 0 Å². The summed E-state index contributed by atoms with van der Waals surface area (Å²) in [7, 11) is 0. The molecule has 5 atom stereocenters. The first-order valence-corrected chi connectivity index (χ1v) is 6.97. The highest BCUT2D eigenvalue weighted by atomic mass is 16.7. The Kier molecular flexibility index (Phi) is 5.57. The zero-order valence-electron chi connectivity index (χ0n) is 11.9. The van der Waals surface area contributed by atoms with Gasteiger partial charge < -0.3 is 40.7 Å². The van der Waals surface area contributed by atoms with Crippen LogP contribution in [0.1, 0.15) is 5.56 Å². The minimum Gasteiger partial charge on any atom is -0.504 e. The Morgan fingerprint density at radius 2 is 1.86 bits per heavy atom. The van der Waals surface area contributed by atoms with Gasteiger partial charge in [0.1, 0.15) is 24.4 Å². The van der Waals surface area contributed by atoms with E-state index < -0.39 is 37.3 Å². The van der Waals surface area contributed by atoms with Crippen LogP contribution in [0, 0.1) is 0 Å². The summed E-state index contributed by atoms with van der Waals surface area (Å²) in [6.45, 7) is -0.131. The Morgan fingerprint density at radius 1 is 1.14 bits per heavy atom. The van der Waals surface area contributed by atoms with Crippen molar-refractivity contribution in [3.63, 3.8) is 0 Å². The summed E-state index contributed by atoms with van der Waals surface area (Å²) in [5.41, 5.74) is 6.29. The summed E-state index contributed by atoms with van der Waals surface area (Å²) in [6.07, 6.45) is -6.37. The molecule has 0 bridgehead atoms. The van der Waals surface area contributed by atoms with Crippen LogP contribution in [0.3, 0.4) is 0 Å². The number of aliphatic hydroxyl groups is 4. The average molecular weight is 315 g/mol. The molecule has 0 spiro atoms. The smallest absolute Gasteiger partial charge is 0.229 e. The second-order valence-electron chi connectivity index (χ2n) is 5.16. The summed E-state index contributed by atoms with van der Waals surface area (Å²) in [5, 5.41) is 48.2. The van der Waals surface area contributed by atoms with Crippen molar-refractivity contribution in [1.29, 1.82) is 0 Å². The molecule has 1 aromatic carbocycles. The molecule has 0 aromatic heterocycles. The van der Waals surface area contributed by atoms with Gasteiger partial charge in [-0.25, -0.2) is 0 Å². The van der Waals surface area contributed by atoms with Gasteiger partial charge >= 0.3 is 0 Å². The van der Waals surface area contributed by atoms with Crippen LogP contribution in [0.5, 0.6) is 11.5 Å². The van der Waals surface area contributed by atoms with E-state index in [1.165, 1.54) is 6.07 Å². The van der Waals surface area contributed by atoms with Crippen LogP contribution in [0.4, 0.5) is 0 Å². The van der Waals surface area contributed by atoms with Crippen LogP contribution in [0.15, 0.2) is 18.2 Å². The summed E-state index contributed by atoms with van der Waals surface area (Å²) in [6, 6.07) is 4.65. The molecule has 0 saturated carbocycles. The van der Waals surface area contributed by atoms with Gasteiger partial charge in [-0.05, 0) is 30.7 Å². The van der Waals surface area contributed by atoms with Gasteiger partial charge in [-0.1, -0.05) is 6.07 Å². The van der Waals surface area contributed by atoms with Gasteiger partial charge in [0.05, 0.1) is 6.61 Å². The van der Waals surface area contributed by atoms with Crippen molar-refractivity contribution in [2.75, 3.05) is 13.2 Å². The van der Waals surface area contributed by atoms with E-state index in [0.29, 0.717) is 13.0 Å². The second kappa shape index (κ2) is 7.23. The highest BCUT2D eigenvalue weighted by Crippen LogP contribution is 2.31. The summed E-state index contributed by atoms with van der Waals surface area (Å²) in [5.74, 6) is -0.118. The normalized spacial score (nSPS) is 32.0. The predicted molar refractivity (Wildman–Crippen MR) is 75.3 cm³/mol. The van der Waals surface area contributed by atoms with Gasteiger partial charge in [0.25, 0.3) is 0 Å². The maximum Gasteiger partial charge on any atom is 0.229 e. The van der Waals surface area contributed by atoms with E-state index in [2.05, 4.69) is 0 Å². The van der Waals surface area contributed by atoms with Crippen LogP contribution in [0.2, 0.25) is 0 Å². The van der Waals surface area contributed by atoms with E-state index in [1.807, 2.05) is 0 Å². The minimum atomic E-state index is -1.54. The highest BCUT2D eigenvalue weighted by Gasteiger charge is 2.44. The third kappa shape index (κ3) is 3.49. The van der Waals surface area contributed by atoms with Crippen molar-refractivity contribution in [3.8, 4) is 11.5 Å². The third-order valence-corrected chi connectivity index (χ3v) is 3.55. The minimum absolute atomic E-state index is 0.0512.